The van der Waals surface area contributed by atoms with E-state index in [1.54, 1.807) is 19.1 Å². The van der Waals surface area contributed by atoms with Crippen LogP contribution >= 0.6 is 0 Å². The third-order valence-corrected chi connectivity index (χ3v) is 3.18. The van der Waals surface area contributed by atoms with Crippen molar-refractivity contribution in [1.29, 1.82) is 0 Å². The normalized spacial score (nSPS) is 16.1. The number of carbonyl (C=O) groups is 2. The van der Waals surface area contributed by atoms with E-state index < -0.39 is 12.0 Å². The van der Waals surface area contributed by atoms with Gasteiger partial charge in [0, 0.05) is 25.1 Å². The molecular weight excluding hydrogens is 256 g/mol. The molecule has 1 aromatic carbocycles. The Morgan fingerprint density at radius 1 is 1.45 bits per heavy atom. The Bertz CT molecular complexity index is 586. The van der Waals surface area contributed by atoms with Crippen molar-refractivity contribution in [2.45, 2.75) is 25.8 Å². The van der Waals surface area contributed by atoms with Crippen molar-refractivity contribution in [2.24, 2.45) is 0 Å². The quantitative estimate of drug-likeness (QED) is 0.649. The third-order valence-electron chi connectivity index (χ3n) is 3.18. The lowest BCUT2D eigenvalue weighted by molar-refractivity contribution is -0.138. The Labute approximate surface area is 117 Å². The molecule has 0 saturated heterocycles. The fraction of sp³-hybridized carbons (Fsp3) is 0.333. The second-order valence-corrected chi connectivity index (χ2v) is 4.47. The van der Waals surface area contributed by atoms with E-state index in [1.165, 1.54) is 4.90 Å². The Hall–Kier alpha value is -2.48. The van der Waals surface area contributed by atoms with Crippen molar-refractivity contribution in [1.82, 2.24) is 5.32 Å². The minimum atomic E-state index is -0.996. The SMILES string of the molecule is CC#CCCNC(=O)N1c2ccccc2CC1C(=O)O. The Morgan fingerprint density at radius 3 is 2.90 bits per heavy atom. The van der Waals surface area contributed by atoms with E-state index in [9.17, 15) is 14.7 Å². The summed E-state index contributed by atoms with van der Waals surface area (Å²) < 4.78 is 0. The molecule has 20 heavy (non-hydrogen) atoms. The number of hydrogen-bond acceptors (Lipinski definition) is 2. The number of para-hydroxylation sites is 1. The van der Waals surface area contributed by atoms with E-state index in [0.717, 1.165) is 5.56 Å². The average molecular weight is 272 g/mol. The fourth-order valence-corrected chi connectivity index (χ4v) is 2.28. The first-order valence-electron chi connectivity index (χ1n) is 6.42. The van der Waals surface area contributed by atoms with E-state index in [1.807, 2.05) is 12.1 Å². The molecule has 0 bridgehead atoms. The standard InChI is InChI=1S/C15H16N2O3/c1-2-3-6-9-16-15(20)17-12-8-5-4-7-11(12)10-13(17)14(18)19/h4-5,7-8,13H,6,9-10H2,1H3,(H,16,20)(H,18,19). The van der Waals surface area contributed by atoms with Crippen LogP contribution in [0.5, 0.6) is 0 Å². The maximum atomic E-state index is 12.2. The first kappa shape index (κ1) is 13.9. The number of fused-ring (bicyclic) bond motifs is 1. The molecule has 0 spiro atoms. The van der Waals surface area contributed by atoms with E-state index in [4.69, 9.17) is 0 Å². The summed E-state index contributed by atoms with van der Waals surface area (Å²) >= 11 is 0. The highest BCUT2D eigenvalue weighted by molar-refractivity contribution is 6.01. The van der Waals surface area contributed by atoms with Crippen molar-refractivity contribution in [2.75, 3.05) is 11.4 Å². The van der Waals surface area contributed by atoms with Crippen molar-refractivity contribution in [3.05, 3.63) is 29.8 Å². The molecule has 2 amide bonds. The molecule has 0 saturated carbocycles. The van der Waals surface area contributed by atoms with Crippen LogP contribution in [-0.2, 0) is 11.2 Å². The highest BCUT2D eigenvalue weighted by Crippen LogP contribution is 2.32. The van der Waals surface area contributed by atoms with Crippen LogP contribution < -0.4 is 10.2 Å². The predicted molar refractivity (Wildman–Crippen MR) is 75.5 cm³/mol. The van der Waals surface area contributed by atoms with Gasteiger partial charge in [0.25, 0.3) is 0 Å². The van der Waals surface area contributed by atoms with E-state index in [2.05, 4.69) is 17.2 Å². The van der Waals surface area contributed by atoms with Gasteiger partial charge in [0.1, 0.15) is 6.04 Å². The zero-order chi connectivity index (χ0) is 14.5. The lowest BCUT2D eigenvalue weighted by Crippen LogP contribution is -2.48. The summed E-state index contributed by atoms with van der Waals surface area (Å²) in [4.78, 5) is 24.8. The molecule has 0 aliphatic carbocycles. The molecule has 0 fully saturated rings. The monoisotopic (exact) mass is 272 g/mol. The van der Waals surface area contributed by atoms with Gasteiger partial charge < -0.3 is 10.4 Å². The van der Waals surface area contributed by atoms with Gasteiger partial charge in [0.05, 0.1) is 0 Å². The molecule has 5 heteroatoms. The smallest absolute Gasteiger partial charge is 0.327 e. The summed E-state index contributed by atoms with van der Waals surface area (Å²) in [6.45, 7) is 2.14. The number of nitrogens with zero attached hydrogens (tertiary/aromatic N) is 1. The van der Waals surface area contributed by atoms with E-state index in [-0.39, 0.29) is 6.03 Å². The Morgan fingerprint density at radius 2 is 2.20 bits per heavy atom. The van der Waals surface area contributed by atoms with Gasteiger partial charge in [-0.15, -0.1) is 11.8 Å². The minimum absolute atomic E-state index is 0.341. The zero-order valence-electron chi connectivity index (χ0n) is 11.2. The first-order valence-corrected chi connectivity index (χ1v) is 6.42. The van der Waals surface area contributed by atoms with Crippen LogP contribution in [0.3, 0.4) is 0 Å². The largest absolute Gasteiger partial charge is 0.480 e. The number of rotatable bonds is 3. The van der Waals surface area contributed by atoms with Crippen LogP contribution in [0, 0.1) is 11.8 Å². The molecule has 104 valence electrons. The highest BCUT2D eigenvalue weighted by Gasteiger charge is 2.38. The second kappa shape index (κ2) is 6.11. The number of carboxylic acids is 1. The molecule has 1 aromatic rings. The molecule has 0 aromatic heterocycles. The summed E-state index contributed by atoms with van der Waals surface area (Å²) in [6.07, 6.45) is 0.892. The number of hydrogen-bond donors (Lipinski definition) is 2. The van der Waals surface area contributed by atoms with Gasteiger partial charge >= 0.3 is 12.0 Å². The molecule has 2 rings (SSSR count). The number of aliphatic carboxylic acids is 1. The summed E-state index contributed by atoms with van der Waals surface area (Å²) in [6, 6.07) is 6.03. The lowest BCUT2D eigenvalue weighted by Gasteiger charge is -2.22. The van der Waals surface area contributed by atoms with Crippen molar-refractivity contribution < 1.29 is 14.7 Å². The van der Waals surface area contributed by atoms with Crippen molar-refractivity contribution >= 4 is 17.7 Å². The number of carbonyl (C=O) groups excluding carboxylic acids is 1. The summed E-state index contributed by atoms with van der Waals surface area (Å²) in [5.74, 6) is 4.60. The second-order valence-electron chi connectivity index (χ2n) is 4.47. The third kappa shape index (κ3) is 2.75. The highest BCUT2D eigenvalue weighted by atomic mass is 16.4. The number of carboxylic acid groups (broad SMARTS) is 1. The van der Waals surface area contributed by atoms with Crippen molar-refractivity contribution in [3.63, 3.8) is 0 Å². The van der Waals surface area contributed by atoms with Gasteiger partial charge in [0.15, 0.2) is 0 Å². The maximum Gasteiger partial charge on any atom is 0.327 e. The summed E-state index contributed by atoms with van der Waals surface area (Å²) in [5.41, 5.74) is 1.54. The first-order chi connectivity index (χ1) is 9.65. The van der Waals surface area contributed by atoms with Gasteiger partial charge in [-0.2, -0.15) is 0 Å². The van der Waals surface area contributed by atoms with Gasteiger partial charge in [-0.1, -0.05) is 18.2 Å². The van der Waals surface area contributed by atoms with Gasteiger partial charge in [-0.3, -0.25) is 4.90 Å². The maximum absolute atomic E-state index is 12.2. The van der Waals surface area contributed by atoms with Gasteiger partial charge in [-0.05, 0) is 18.6 Å². The lowest BCUT2D eigenvalue weighted by atomic mass is 10.1. The van der Waals surface area contributed by atoms with Gasteiger partial charge in [-0.25, -0.2) is 9.59 Å². The number of nitrogens with one attached hydrogen (secondary N) is 1. The number of amides is 2. The number of urea groups is 1. The topological polar surface area (TPSA) is 69.6 Å². The summed E-state index contributed by atoms with van der Waals surface area (Å²) in [5, 5.41) is 12.0. The molecule has 0 radical (unpaired) electrons. The summed E-state index contributed by atoms with van der Waals surface area (Å²) in [7, 11) is 0. The number of anilines is 1. The average Bonchev–Trinajstić information content (AvgIpc) is 2.83. The van der Waals surface area contributed by atoms with Gasteiger partial charge in [0.2, 0.25) is 0 Å². The Kier molecular flexibility index (Phi) is 4.26. The minimum Gasteiger partial charge on any atom is -0.480 e. The Balaban J connectivity index is 2.15. The van der Waals surface area contributed by atoms with Crippen molar-refractivity contribution in [3.8, 4) is 11.8 Å². The van der Waals surface area contributed by atoms with Crippen LogP contribution in [0.15, 0.2) is 24.3 Å². The molecule has 1 aliphatic heterocycles. The van der Waals surface area contributed by atoms with Crippen LogP contribution in [0.2, 0.25) is 0 Å². The van der Waals surface area contributed by atoms with Crippen LogP contribution in [0.4, 0.5) is 10.5 Å². The molecule has 1 unspecified atom stereocenters. The molecule has 1 heterocycles. The molecule has 1 atom stereocenters. The molecular formula is C15H16N2O3. The number of benzene rings is 1. The zero-order valence-corrected chi connectivity index (χ0v) is 11.2. The molecule has 2 N–H and O–H groups in total. The van der Waals surface area contributed by atoms with Crippen LogP contribution in [0.1, 0.15) is 18.9 Å². The fourth-order valence-electron chi connectivity index (χ4n) is 2.28. The predicted octanol–water partition coefficient (Wildman–Crippen LogP) is 1.63. The molecule has 1 aliphatic rings. The van der Waals surface area contributed by atoms with Crippen LogP contribution in [0.25, 0.3) is 0 Å². The van der Waals surface area contributed by atoms with E-state index in [0.29, 0.717) is 25.1 Å². The van der Waals surface area contributed by atoms with Crippen LogP contribution in [-0.4, -0.2) is 29.7 Å². The van der Waals surface area contributed by atoms with E-state index >= 15 is 0 Å². The molecule has 5 nitrogen and oxygen atoms in total.